The molecule has 0 amide bonds. The number of hydrogen-bond donors (Lipinski definition) is 1. The van der Waals surface area contributed by atoms with Crippen LogP contribution in [0, 0.1) is 35.5 Å². The van der Waals surface area contributed by atoms with Crippen LogP contribution in [0.1, 0.15) is 136 Å². The minimum atomic E-state index is -2.68. The van der Waals surface area contributed by atoms with Gasteiger partial charge in [0.05, 0.1) is 33.0 Å². The van der Waals surface area contributed by atoms with Crippen molar-refractivity contribution in [2.75, 3.05) is 20.8 Å². The lowest BCUT2D eigenvalue weighted by Gasteiger charge is -2.46. The molecule has 80 heavy (non-hydrogen) atoms. The Balaban J connectivity index is 0.000000192. The molecule has 4 aliphatic carbocycles. The Hall–Kier alpha value is -4.81. The molecule has 428 valence electrons. The molecule has 1 saturated heterocycles. The second kappa shape index (κ2) is 25.8. The Morgan fingerprint density at radius 2 is 0.900 bits per heavy atom. The highest BCUT2D eigenvalue weighted by atomic mass is 28.4. The SMILES string of the molecule is C.CCCC[C@H](O)CC[C@@H]1[C@H]2Cc3cccc(OC)c3C[C@H]2C[C@H]1O[Si](c1ccccc1)(c1ccccc1)C(C)(C)C.COc1cccc2c1C[C@H]1C[C@@H](O[Si](c3ccccc3)(c3ccccc3)C(C)(C)C)[C@H](CC[C@@H]3CO3)[C@H]1C2. The highest BCUT2D eigenvalue weighted by molar-refractivity contribution is 7.00. The van der Waals surface area contributed by atoms with Crippen LogP contribution in [-0.2, 0) is 39.3 Å². The topological polar surface area (TPSA) is 69.7 Å². The van der Waals surface area contributed by atoms with E-state index in [1.807, 2.05) is 7.11 Å². The minimum Gasteiger partial charge on any atom is -0.496 e. The van der Waals surface area contributed by atoms with Crippen LogP contribution >= 0.6 is 0 Å². The van der Waals surface area contributed by atoms with Gasteiger partial charge in [-0.15, -0.1) is 0 Å². The first-order valence-corrected chi connectivity index (χ1v) is 34.2. The van der Waals surface area contributed by atoms with Crippen LogP contribution < -0.4 is 30.2 Å². The summed E-state index contributed by atoms with van der Waals surface area (Å²) in [5.74, 6) is 5.48. The molecule has 11 rings (SSSR count). The van der Waals surface area contributed by atoms with Crippen LogP contribution in [0.2, 0.25) is 10.1 Å². The van der Waals surface area contributed by atoms with Crippen molar-refractivity contribution in [3.8, 4) is 11.5 Å². The van der Waals surface area contributed by atoms with E-state index in [0.29, 0.717) is 41.6 Å². The molecule has 2 saturated carbocycles. The maximum absolute atomic E-state index is 10.9. The van der Waals surface area contributed by atoms with E-state index in [1.54, 1.807) is 7.11 Å². The number of aliphatic hydroxyl groups excluding tert-OH is 1. The van der Waals surface area contributed by atoms with Crippen molar-refractivity contribution in [1.82, 2.24) is 0 Å². The quantitative estimate of drug-likeness (QED) is 0.0644. The molecule has 0 unspecified atom stereocenters. The van der Waals surface area contributed by atoms with E-state index in [4.69, 9.17) is 23.1 Å². The maximum atomic E-state index is 10.9. The fourth-order valence-electron chi connectivity index (χ4n) is 15.6. The van der Waals surface area contributed by atoms with Gasteiger partial charge in [0.15, 0.2) is 0 Å². The molecule has 1 N–H and O–H groups in total. The molecule has 6 aromatic rings. The van der Waals surface area contributed by atoms with Gasteiger partial charge in [0.1, 0.15) is 11.5 Å². The van der Waals surface area contributed by atoms with E-state index in [2.05, 4.69) is 206 Å². The molecular weight excluding hydrogens is 1020 g/mol. The monoisotopic (exact) mass is 1110 g/mol. The van der Waals surface area contributed by atoms with Crippen molar-refractivity contribution < 1.29 is 28.2 Å². The number of unbranched alkanes of at least 4 members (excludes halogenated alkanes) is 1. The van der Waals surface area contributed by atoms with Gasteiger partial charge in [0, 0.05) is 12.2 Å². The Kier molecular flexibility index (Phi) is 19.3. The molecule has 5 aliphatic rings. The molecule has 3 fully saturated rings. The zero-order valence-electron chi connectivity index (χ0n) is 49.2. The zero-order chi connectivity index (χ0) is 55.4. The van der Waals surface area contributed by atoms with Gasteiger partial charge < -0.3 is 28.2 Å². The molecule has 6 nitrogen and oxygen atoms in total. The van der Waals surface area contributed by atoms with Crippen molar-refractivity contribution in [3.63, 3.8) is 0 Å². The predicted molar refractivity (Wildman–Crippen MR) is 336 cm³/mol. The maximum Gasteiger partial charge on any atom is 0.261 e. The molecule has 8 heteroatoms. The van der Waals surface area contributed by atoms with E-state index < -0.39 is 16.6 Å². The molecule has 0 radical (unpaired) electrons. The van der Waals surface area contributed by atoms with Crippen LogP contribution in [0.25, 0.3) is 0 Å². The van der Waals surface area contributed by atoms with Crippen LogP contribution in [-0.4, -0.2) is 67.0 Å². The average Bonchev–Trinajstić information content (AvgIpc) is 4.20. The number of fused-ring (bicyclic) bond motifs is 4. The van der Waals surface area contributed by atoms with E-state index in [0.717, 1.165) is 95.2 Å². The average molecular weight is 1110 g/mol. The van der Waals surface area contributed by atoms with E-state index in [-0.39, 0.29) is 35.8 Å². The molecule has 0 spiro atoms. The van der Waals surface area contributed by atoms with Crippen LogP contribution in [0.15, 0.2) is 158 Å². The highest BCUT2D eigenvalue weighted by Crippen LogP contribution is 2.54. The van der Waals surface area contributed by atoms with Crippen molar-refractivity contribution in [2.45, 2.75) is 174 Å². The third kappa shape index (κ3) is 12.3. The van der Waals surface area contributed by atoms with Crippen LogP contribution in [0.3, 0.4) is 0 Å². The third-order valence-corrected chi connectivity index (χ3v) is 29.6. The van der Waals surface area contributed by atoms with Crippen LogP contribution in [0.5, 0.6) is 11.5 Å². The molecule has 1 aliphatic heterocycles. The van der Waals surface area contributed by atoms with Gasteiger partial charge >= 0.3 is 0 Å². The molecule has 6 aromatic carbocycles. The Morgan fingerprint density at radius 1 is 0.512 bits per heavy atom. The zero-order valence-corrected chi connectivity index (χ0v) is 51.2. The Labute approximate surface area is 484 Å². The van der Waals surface area contributed by atoms with Gasteiger partial charge in [-0.25, -0.2) is 0 Å². The summed E-state index contributed by atoms with van der Waals surface area (Å²) < 4.78 is 32.9. The first-order valence-electron chi connectivity index (χ1n) is 30.4. The Bertz CT molecular complexity index is 2800. The highest BCUT2D eigenvalue weighted by Gasteiger charge is 2.57. The van der Waals surface area contributed by atoms with Gasteiger partial charge in [0.25, 0.3) is 16.6 Å². The number of hydrogen-bond acceptors (Lipinski definition) is 6. The smallest absolute Gasteiger partial charge is 0.261 e. The number of epoxide rings is 1. The summed E-state index contributed by atoms with van der Waals surface area (Å²) in [7, 11) is -1.69. The summed E-state index contributed by atoms with van der Waals surface area (Å²) in [5, 5.41) is 16.3. The van der Waals surface area contributed by atoms with Gasteiger partial charge in [-0.2, -0.15) is 0 Å². The van der Waals surface area contributed by atoms with Crippen molar-refractivity contribution >= 4 is 37.4 Å². The van der Waals surface area contributed by atoms with Gasteiger partial charge in [-0.05, 0) is 171 Å². The van der Waals surface area contributed by atoms with Crippen LogP contribution in [0.4, 0.5) is 0 Å². The standard InChI is InChI=1S/C37H50O3Si.C34H42O3Si.CH4/c1-6-7-16-29(38)22-23-32-33-24-27-15-14-21-35(39-5)34(27)25-28(33)26-36(32)40-41(37(2,3)4,30-17-10-8-11-18-30)31-19-12-9-13-20-31;1-34(2,3)38(27-13-7-5-8-14-27,28-15-9-6-10-16-28)37-33-22-25-21-31-24(12-11-17-32(31)35-4)20-30(25)29(33)19-18-26-23-36-26;/h8-15,17-21,28-29,32-33,36,38H,6-7,16,22-26H2,1-5H3;5-17,25-26,29-30,33H,18-23H2,1-4H3;1H4/t28-,29-,32+,33-,36+;25-,26+,29+,30-,33+;/m00./s1. The molecular formula is C72H96O6Si2. The number of rotatable bonds is 19. The van der Waals surface area contributed by atoms with Crippen molar-refractivity contribution in [3.05, 3.63) is 180 Å². The summed E-state index contributed by atoms with van der Waals surface area (Å²) in [4.78, 5) is 0. The first-order chi connectivity index (χ1) is 38.2. The van der Waals surface area contributed by atoms with E-state index in [1.165, 1.54) is 49.4 Å². The third-order valence-electron chi connectivity index (χ3n) is 19.5. The Morgan fingerprint density at radius 3 is 1.25 bits per heavy atom. The lowest BCUT2D eigenvalue weighted by atomic mass is 9.73. The number of benzene rings is 6. The lowest BCUT2D eigenvalue weighted by molar-refractivity contribution is 0.0951. The van der Waals surface area contributed by atoms with Gasteiger partial charge in [0.2, 0.25) is 0 Å². The second-order valence-electron chi connectivity index (χ2n) is 26.2. The summed E-state index contributed by atoms with van der Waals surface area (Å²) in [6.07, 6.45) is 14.5. The largest absolute Gasteiger partial charge is 0.496 e. The molecule has 0 bridgehead atoms. The summed E-state index contributed by atoms with van der Waals surface area (Å²) in [5.41, 5.74) is 5.73. The van der Waals surface area contributed by atoms with Gasteiger partial charge in [-0.1, -0.05) is 214 Å². The second-order valence-corrected chi connectivity index (χ2v) is 34.7. The fourth-order valence-corrected chi connectivity index (χ4v) is 25.1. The minimum absolute atomic E-state index is 0. The number of aliphatic hydroxyl groups is 1. The van der Waals surface area contributed by atoms with E-state index in [9.17, 15) is 5.11 Å². The summed E-state index contributed by atoms with van der Waals surface area (Å²) in [6.45, 7) is 17.5. The molecule has 0 aromatic heterocycles. The fraction of sp³-hybridized carbons (Fsp3) is 0.500. The first kappa shape index (κ1) is 59.8. The predicted octanol–water partition coefficient (Wildman–Crippen LogP) is 14.1. The van der Waals surface area contributed by atoms with E-state index >= 15 is 0 Å². The van der Waals surface area contributed by atoms with Gasteiger partial charge in [-0.3, -0.25) is 0 Å². The lowest BCUT2D eigenvalue weighted by Crippen LogP contribution is -2.68. The summed E-state index contributed by atoms with van der Waals surface area (Å²) >= 11 is 0. The van der Waals surface area contributed by atoms with Crippen molar-refractivity contribution in [2.24, 2.45) is 35.5 Å². The molecule has 10 atom stereocenters. The molecule has 1 heterocycles. The number of ether oxygens (including phenoxy) is 3. The normalized spacial score (nSPS) is 24.4. The van der Waals surface area contributed by atoms with Crippen molar-refractivity contribution in [1.29, 1.82) is 0 Å². The number of methoxy groups -OCH3 is 2. The summed E-state index contributed by atoms with van der Waals surface area (Å²) in [6, 6.07) is 57.6.